The van der Waals surface area contributed by atoms with Crippen LogP contribution >= 0.6 is 0 Å². The monoisotopic (exact) mass is 448 g/mol. The topological polar surface area (TPSA) is 125 Å². The highest BCUT2D eigenvalue weighted by molar-refractivity contribution is 6.05. The molecule has 0 atom stereocenters. The van der Waals surface area contributed by atoms with Crippen molar-refractivity contribution in [3.05, 3.63) is 99.6 Å². The molecule has 0 aliphatic heterocycles. The molecule has 9 heteroatoms. The zero-order valence-electron chi connectivity index (χ0n) is 17.6. The molecule has 0 heterocycles. The van der Waals surface area contributed by atoms with Crippen LogP contribution in [0.3, 0.4) is 0 Å². The van der Waals surface area contributed by atoms with Crippen molar-refractivity contribution in [3.8, 4) is 5.75 Å². The van der Waals surface area contributed by atoms with Crippen molar-refractivity contribution in [1.82, 2.24) is 0 Å². The van der Waals surface area contributed by atoms with E-state index in [-0.39, 0.29) is 35.1 Å². The van der Waals surface area contributed by atoms with Gasteiger partial charge in [-0.1, -0.05) is 18.2 Å². The molecule has 3 aromatic rings. The number of nitrogens with zero attached hydrogens (tertiary/aromatic N) is 1. The highest BCUT2D eigenvalue weighted by Gasteiger charge is 2.20. The highest BCUT2D eigenvalue weighted by atomic mass is 16.6. The van der Waals surface area contributed by atoms with Gasteiger partial charge in [-0.15, -0.1) is 0 Å². The maximum absolute atomic E-state index is 12.4. The van der Waals surface area contributed by atoms with Gasteiger partial charge in [0.2, 0.25) is 0 Å². The Morgan fingerprint density at radius 2 is 1.58 bits per heavy atom. The summed E-state index contributed by atoms with van der Waals surface area (Å²) in [4.78, 5) is 47.3. The van der Waals surface area contributed by atoms with E-state index in [0.29, 0.717) is 11.3 Å². The summed E-state index contributed by atoms with van der Waals surface area (Å²) in [5.74, 6) is -1.59. The average molecular weight is 448 g/mol. The first-order valence-corrected chi connectivity index (χ1v) is 9.97. The van der Waals surface area contributed by atoms with Gasteiger partial charge in [-0.25, -0.2) is 4.79 Å². The summed E-state index contributed by atoms with van der Waals surface area (Å²) in [5, 5.41) is 13.9. The van der Waals surface area contributed by atoms with E-state index in [1.54, 1.807) is 49.4 Å². The van der Waals surface area contributed by atoms with Crippen LogP contribution in [0.25, 0.3) is 0 Å². The number of hydrogen-bond acceptors (Lipinski definition) is 7. The van der Waals surface area contributed by atoms with Crippen LogP contribution < -0.4 is 10.1 Å². The van der Waals surface area contributed by atoms with Gasteiger partial charge in [0.05, 0.1) is 17.1 Å². The summed E-state index contributed by atoms with van der Waals surface area (Å²) in [7, 11) is 0. The third-order valence-electron chi connectivity index (χ3n) is 4.53. The molecule has 0 radical (unpaired) electrons. The minimum absolute atomic E-state index is 0.0366. The predicted molar refractivity (Wildman–Crippen MR) is 120 cm³/mol. The van der Waals surface area contributed by atoms with Gasteiger partial charge in [0.1, 0.15) is 0 Å². The summed E-state index contributed by atoms with van der Waals surface area (Å²) >= 11 is 0. The van der Waals surface area contributed by atoms with Crippen molar-refractivity contribution in [1.29, 1.82) is 0 Å². The van der Waals surface area contributed by atoms with Gasteiger partial charge < -0.3 is 14.8 Å². The molecule has 3 rings (SSSR count). The van der Waals surface area contributed by atoms with Crippen molar-refractivity contribution in [3.63, 3.8) is 0 Å². The van der Waals surface area contributed by atoms with Gasteiger partial charge in [0.15, 0.2) is 18.1 Å². The molecular formula is C24H20N2O7. The average Bonchev–Trinajstić information content (AvgIpc) is 2.83. The number of carbonyl (C=O) groups is 3. The SMILES string of the molecule is CCOc1ccc(C(=O)OCC(=O)c2ccc(NC(=O)c3ccccc3)cc2)cc1[N+](=O)[O-]. The fourth-order valence-electron chi connectivity index (χ4n) is 2.89. The maximum atomic E-state index is 12.4. The number of benzene rings is 3. The maximum Gasteiger partial charge on any atom is 0.338 e. The van der Waals surface area contributed by atoms with E-state index in [1.165, 1.54) is 24.3 Å². The number of amides is 1. The predicted octanol–water partition coefficient (Wildman–Crippen LogP) is 4.29. The normalized spacial score (nSPS) is 10.2. The minimum Gasteiger partial charge on any atom is -0.487 e. The van der Waals surface area contributed by atoms with Crippen LogP contribution in [0.1, 0.15) is 38.0 Å². The number of rotatable bonds is 9. The largest absolute Gasteiger partial charge is 0.487 e. The van der Waals surface area contributed by atoms with Gasteiger partial charge in [0.25, 0.3) is 5.91 Å². The molecular weight excluding hydrogens is 428 g/mol. The van der Waals surface area contributed by atoms with Gasteiger partial charge in [-0.05, 0) is 55.5 Å². The first-order valence-electron chi connectivity index (χ1n) is 9.97. The summed E-state index contributed by atoms with van der Waals surface area (Å²) in [6, 6.07) is 18.5. The molecule has 0 aliphatic rings. The number of nitro groups is 1. The number of ether oxygens (including phenoxy) is 2. The van der Waals surface area contributed by atoms with Crippen molar-refractivity contribution < 1.29 is 28.8 Å². The third-order valence-corrected chi connectivity index (χ3v) is 4.53. The molecule has 168 valence electrons. The second-order valence-corrected chi connectivity index (χ2v) is 6.77. The number of carbonyl (C=O) groups excluding carboxylic acids is 3. The summed E-state index contributed by atoms with van der Waals surface area (Å²) in [6.45, 7) is 1.37. The van der Waals surface area contributed by atoms with Crippen LogP contribution in [0.2, 0.25) is 0 Å². The Kier molecular flexibility index (Phi) is 7.48. The van der Waals surface area contributed by atoms with E-state index in [2.05, 4.69) is 5.32 Å². The van der Waals surface area contributed by atoms with Crippen LogP contribution in [-0.4, -0.2) is 35.8 Å². The standard InChI is InChI=1S/C24H20N2O7/c1-2-32-22-13-10-18(14-20(22)26(30)31)24(29)33-15-21(27)16-8-11-19(12-9-16)25-23(28)17-6-4-3-5-7-17/h3-14H,2,15H2,1H3,(H,25,28). The number of anilines is 1. The minimum atomic E-state index is -0.874. The molecule has 3 aromatic carbocycles. The van der Waals surface area contributed by atoms with E-state index in [9.17, 15) is 24.5 Å². The lowest BCUT2D eigenvalue weighted by molar-refractivity contribution is -0.385. The van der Waals surface area contributed by atoms with E-state index in [1.807, 2.05) is 0 Å². The summed E-state index contributed by atoms with van der Waals surface area (Å²) in [6.07, 6.45) is 0. The summed E-state index contributed by atoms with van der Waals surface area (Å²) < 4.78 is 10.2. The first kappa shape index (κ1) is 23.1. The lowest BCUT2D eigenvalue weighted by Crippen LogP contribution is -2.15. The van der Waals surface area contributed by atoms with Crippen LogP contribution in [0.4, 0.5) is 11.4 Å². The molecule has 9 nitrogen and oxygen atoms in total. The van der Waals surface area contributed by atoms with Gasteiger partial charge in [0, 0.05) is 22.9 Å². The van der Waals surface area contributed by atoms with Crippen LogP contribution in [0.15, 0.2) is 72.8 Å². The lowest BCUT2D eigenvalue weighted by Gasteiger charge is -2.08. The molecule has 1 N–H and O–H groups in total. The van der Waals surface area contributed by atoms with Crippen LogP contribution in [0, 0.1) is 10.1 Å². The van der Waals surface area contributed by atoms with E-state index in [0.717, 1.165) is 6.07 Å². The Hall–Kier alpha value is -4.53. The Bertz CT molecular complexity index is 1180. The molecule has 0 spiro atoms. The Morgan fingerprint density at radius 1 is 0.909 bits per heavy atom. The Labute approximate surface area is 189 Å². The molecule has 0 saturated carbocycles. The molecule has 0 bridgehead atoms. The van der Waals surface area contributed by atoms with E-state index >= 15 is 0 Å². The quantitative estimate of drug-likeness (QED) is 0.224. The van der Waals surface area contributed by atoms with Gasteiger partial charge in [-0.3, -0.25) is 19.7 Å². The molecule has 0 fully saturated rings. The molecule has 0 aliphatic carbocycles. The zero-order chi connectivity index (χ0) is 23.8. The highest BCUT2D eigenvalue weighted by Crippen LogP contribution is 2.28. The third kappa shape index (κ3) is 6.01. The molecule has 0 aromatic heterocycles. The Morgan fingerprint density at radius 3 is 2.21 bits per heavy atom. The van der Waals surface area contributed by atoms with Crippen LogP contribution in [-0.2, 0) is 4.74 Å². The van der Waals surface area contributed by atoms with Gasteiger partial charge in [-0.2, -0.15) is 0 Å². The lowest BCUT2D eigenvalue weighted by atomic mass is 10.1. The number of Topliss-reactive ketones (excluding diaryl/α,β-unsaturated/α-hetero) is 1. The Balaban J connectivity index is 1.59. The number of nitro benzene ring substituents is 1. The smallest absolute Gasteiger partial charge is 0.338 e. The zero-order valence-corrected chi connectivity index (χ0v) is 17.6. The number of esters is 1. The number of nitrogens with one attached hydrogen (secondary N) is 1. The molecule has 33 heavy (non-hydrogen) atoms. The number of ketones is 1. The second-order valence-electron chi connectivity index (χ2n) is 6.77. The molecule has 0 unspecified atom stereocenters. The first-order chi connectivity index (χ1) is 15.9. The fraction of sp³-hybridized carbons (Fsp3) is 0.125. The van der Waals surface area contributed by atoms with E-state index in [4.69, 9.17) is 9.47 Å². The second kappa shape index (κ2) is 10.7. The fourth-order valence-corrected chi connectivity index (χ4v) is 2.89. The molecule has 1 amide bonds. The molecule has 0 saturated heterocycles. The van der Waals surface area contributed by atoms with Crippen molar-refractivity contribution in [2.45, 2.75) is 6.92 Å². The van der Waals surface area contributed by atoms with Crippen molar-refractivity contribution in [2.24, 2.45) is 0 Å². The summed E-state index contributed by atoms with van der Waals surface area (Å²) in [5.41, 5.74) is 0.832. The van der Waals surface area contributed by atoms with Crippen molar-refractivity contribution >= 4 is 29.0 Å². The number of hydrogen-bond donors (Lipinski definition) is 1. The van der Waals surface area contributed by atoms with Crippen molar-refractivity contribution in [2.75, 3.05) is 18.5 Å². The van der Waals surface area contributed by atoms with Crippen LogP contribution in [0.5, 0.6) is 5.75 Å². The van der Waals surface area contributed by atoms with E-state index < -0.39 is 23.3 Å². The van der Waals surface area contributed by atoms with Gasteiger partial charge >= 0.3 is 11.7 Å².